The molecule has 0 unspecified atom stereocenters. The van der Waals surface area contributed by atoms with Crippen molar-refractivity contribution in [1.29, 1.82) is 0 Å². The second-order valence-corrected chi connectivity index (χ2v) is 5.44. The Hall–Kier alpha value is -2.66. The summed E-state index contributed by atoms with van der Waals surface area (Å²) in [5.41, 5.74) is -1.16. The Kier molecular flexibility index (Phi) is 3.88. The monoisotopic (exact) mass is 329 g/mol. The van der Waals surface area contributed by atoms with Gasteiger partial charge in [-0.15, -0.1) is 5.06 Å². The van der Waals surface area contributed by atoms with Gasteiger partial charge in [0, 0.05) is 11.6 Å². The van der Waals surface area contributed by atoms with Crippen molar-refractivity contribution >= 4 is 28.8 Å². The fraction of sp³-hybridized carbons (Fsp3) is 0.118. The lowest BCUT2D eigenvalue weighted by Crippen LogP contribution is -2.39. The first kappa shape index (κ1) is 15.2. The van der Waals surface area contributed by atoms with E-state index in [1.54, 1.807) is 48.5 Å². The molecule has 1 aliphatic rings. The third kappa shape index (κ3) is 2.49. The number of amides is 2. The van der Waals surface area contributed by atoms with Gasteiger partial charge in [0.05, 0.1) is 6.42 Å². The molecule has 0 aromatic heterocycles. The van der Waals surface area contributed by atoms with Crippen LogP contribution in [0.4, 0.5) is 4.79 Å². The summed E-state index contributed by atoms with van der Waals surface area (Å²) < 4.78 is 0. The van der Waals surface area contributed by atoms with Crippen LogP contribution in [0.1, 0.15) is 17.5 Å². The van der Waals surface area contributed by atoms with E-state index in [4.69, 9.17) is 11.6 Å². The van der Waals surface area contributed by atoms with Crippen LogP contribution >= 0.6 is 11.6 Å². The number of hydroxylamine groups is 2. The number of benzene rings is 2. The van der Waals surface area contributed by atoms with Crippen molar-refractivity contribution in [2.45, 2.75) is 11.8 Å². The van der Waals surface area contributed by atoms with E-state index in [1.807, 2.05) is 12.1 Å². The molecular formula is C17H12ClNO4. The first-order valence-electron chi connectivity index (χ1n) is 6.91. The molecule has 23 heavy (non-hydrogen) atoms. The number of carbonyl (C=O) groups excluding carboxylic acids is 3. The number of nitrogens with zero attached hydrogens (tertiary/aromatic N) is 1. The van der Waals surface area contributed by atoms with Crippen LogP contribution in [0.2, 0.25) is 0 Å². The molecule has 1 aliphatic heterocycles. The van der Waals surface area contributed by atoms with Crippen molar-refractivity contribution in [3.63, 3.8) is 0 Å². The Morgan fingerprint density at radius 2 is 1.43 bits per heavy atom. The van der Waals surface area contributed by atoms with Crippen molar-refractivity contribution < 1.29 is 19.2 Å². The molecule has 2 aromatic rings. The summed E-state index contributed by atoms with van der Waals surface area (Å²) in [5, 5.41) is 0.454. The standard InChI is InChI=1S/C17H12ClNO4/c18-16(22)23-19-14(20)11-17(15(19)21,12-7-3-1-4-8-12)13-9-5-2-6-10-13/h1-10H,11H2. The van der Waals surface area contributed by atoms with Gasteiger partial charge in [-0.2, -0.15) is 0 Å². The van der Waals surface area contributed by atoms with Crippen molar-refractivity contribution in [2.24, 2.45) is 0 Å². The molecule has 1 heterocycles. The smallest absolute Gasteiger partial charge is 0.315 e. The maximum Gasteiger partial charge on any atom is 0.428 e. The maximum absolute atomic E-state index is 12.9. The zero-order valence-corrected chi connectivity index (χ0v) is 12.7. The lowest BCUT2D eigenvalue weighted by molar-refractivity contribution is -0.170. The van der Waals surface area contributed by atoms with Gasteiger partial charge < -0.3 is 4.84 Å². The molecule has 0 atom stereocenters. The highest BCUT2D eigenvalue weighted by Crippen LogP contribution is 2.42. The molecule has 5 nitrogen and oxygen atoms in total. The quantitative estimate of drug-likeness (QED) is 0.641. The van der Waals surface area contributed by atoms with Gasteiger partial charge in [-0.1, -0.05) is 60.7 Å². The van der Waals surface area contributed by atoms with Crippen molar-refractivity contribution in [1.82, 2.24) is 5.06 Å². The number of carbonyl (C=O) groups is 3. The summed E-state index contributed by atoms with van der Waals surface area (Å²) in [7, 11) is 0. The van der Waals surface area contributed by atoms with Crippen LogP contribution in [0.3, 0.4) is 0 Å². The zero-order valence-electron chi connectivity index (χ0n) is 11.9. The minimum Gasteiger partial charge on any atom is -0.315 e. The van der Waals surface area contributed by atoms with E-state index in [9.17, 15) is 14.4 Å². The average molecular weight is 330 g/mol. The van der Waals surface area contributed by atoms with Crippen LogP contribution in [0.15, 0.2) is 60.7 Å². The molecule has 6 heteroatoms. The summed E-state index contributed by atoms with van der Waals surface area (Å²) in [6, 6.07) is 17.9. The second kappa shape index (κ2) is 5.85. The molecule has 0 saturated carbocycles. The Bertz CT molecular complexity index is 721. The molecule has 0 aliphatic carbocycles. The van der Waals surface area contributed by atoms with E-state index in [-0.39, 0.29) is 6.42 Å². The first-order valence-corrected chi connectivity index (χ1v) is 7.29. The molecule has 0 radical (unpaired) electrons. The number of hydrogen-bond acceptors (Lipinski definition) is 4. The fourth-order valence-corrected chi connectivity index (χ4v) is 2.96. The molecule has 1 saturated heterocycles. The number of hydrogen-bond donors (Lipinski definition) is 0. The summed E-state index contributed by atoms with van der Waals surface area (Å²) >= 11 is 5.17. The van der Waals surface area contributed by atoms with Crippen molar-refractivity contribution in [3.8, 4) is 0 Å². The van der Waals surface area contributed by atoms with Crippen molar-refractivity contribution in [2.75, 3.05) is 0 Å². The van der Waals surface area contributed by atoms with Gasteiger partial charge in [0.25, 0.3) is 11.8 Å². The molecule has 2 amide bonds. The lowest BCUT2D eigenvalue weighted by Gasteiger charge is -2.27. The van der Waals surface area contributed by atoms with Gasteiger partial charge in [-0.25, -0.2) is 4.79 Å². The SMILES string of the molecule is O=C(Cl)ON1C(=O)CC(c2ccccc2)(c2ccccc2)C1=O. The molecule has 2 aromatic carbocycles. The second-order valence-electron chi connectivity index (χ2n) is 5.14. The Morgan fingerprint density at radius 3 is 1.87 bits per heavy atom. The van der Waals surface area contributed by atoms with E-state index in [1.165, 1.54) is 0 Å². The van der Waals surface area contributed by atoms with Gasteiger partial charge in [0.15, 0.2) is 0 Å². The number of rotatable bonds is 3. The molecule has 0 bridgehead atoms. The van der Waals surface area contributed by atoms with Gasteiger partial charge >= 0.3 is 5.43 Å². The summed E-state index contributed by atoms with van der Waals surface area (Å²) in [6.45, 7) is 0. The maximum atomic E-state index is 12.9. The highest BCUT2D eigenvalue weighted by atomic mass is 35.5. The molecule has 0 N–H and O–H groups in total. The minimum atomic E-state index is -1.23. The fourth-order valence-electron chi connectivity index (χ4n) is 2.89. The Labute approximate surface area is 137 Å². The largest absolute Gasteiger partial charge is 0.428 e. The average Bonchev–Trinajstić information content (AvgIpc) is 2.82. The van der Waals surface area contributed by atoms with E-state index in [0.717, 1.165) is 0 Å². The normalized spacial score (nSPS) is 16.5. The van der Waals surface area contributed by atoms with Crippen LogP contribution in [0, 0.1) is 0 Å². The highest BCUT2D eigenvalue weighted by molar-refractivity contribution is 6.61. The van der Waals surface area contributed by atoms with Crippen LogP contribution in [-0.2, 0) is 19.8 Å². The van der Waals surface area contributed by atoms with E-state index in [0.29, 0.717) is 16.2 Å². The van der Waals surface area contributed by atoms with Crippen LogP contribution < -0.4 is 0 Å². The minimum absolute atomic E-state index is 0.135. The predicted molar refractivity (Wildman–Crippen MR) is 82.5 cm³/mol. The Balaban J connectivity index is 2.17. The molecule has 116 valence electrons. The van der Waals surface area contributed by atoms with E-state index < -0.39 is 22.7 Å². The lowest BCUT2D eigenvalue weighted by atomic mass is 9.73. The van der Waals surface area contributed by atoms with Gasteiger partial charge in [-0.3, -0.25) is 9.59 Å². The predicted octanol–water partition coefficient (Wildman–Crippen LogP) is 3.02. The summed E-state index contributed by atoms with van der Waals surface area (Å²) in [4.78, 5) is 40.8. The first-order chi connectivity index (χ1) is 11.1. The van der Waals surface area contributed by atoms with E-state index >= 15 is 0 Å². The van der Waals surface area contributed by atoms with Crippen molar-refractivity contribution in [3.05, 3.63) is 71.8 Å². The third-order valence-corrected chi connectivity index (χ3v) is 3.96. The van der Waals surface area contributed by atoms with Crippen LogP contribution in [0.5, 0.6) is 0 Å². The van der Waals surface area contributed by atoms with Gasteiger partial charge in [0.2, 0.25) is 0 Å². The molecule has 1 fully saturated rings. The topological polar surface area (TPSA) is 63.7 Å². The highest BCUT2D eigenvalue weighted by Gasteiger charge is 2.55. The van der Waals surface area contributed by atoms with E-state index in [2.05, 4.69) is 4.84 Å². The summed E-state index contributed by atoms with van der Waals surface area (Å²) in [6.07, 6.45) is -0.135. The van der Waals surface area contributed by atoms with Crippen LogP contribution in [-0.4, -0.2) is 22.3 Å². The Morgan fingerprint density at radius 1 is 0.957 bits per heavy atom. The van der Waals surface area contributed by atoms with Gasteiger partial charge in [0.1, 0.15) is 5.41 Å². The third-order valence-electron chi connectivity index (χ3n) is 3.89. The summed E-state index contributed by atoms with van der Waals surface area (Å²) in [5.74, 6) is -1.24. The van der Waals surface area contributed by atoms with Crippen LogP contribution in [0.25, 0.3) is 0 Å². The zero-order chi connectivity index (χ0) is 16.4. The molecular weight excluding hydrogens is 318 g/mol. The molecule has 3 rings (SSSR count). The number of imide groups is 1. The van der Waals surface area contributed by atoms with Gasteiger partial charge in [-0.05, 0) is 11.1 Å². The molecule has 0 spiro atoms. The number of halogens is 1.